The van der Waals surface area contributed by atoms with E-state index in [4.69, 9.17) is 51.5 Å². The first-order valence-corrected chi connectivity index (χ1v) is 6.50. The Morgan fingerprint density at radius 3 is 1.58 bits per heavy atom. The summed E-state index contributed by atoms with van der Waals surface area (Å²) >= 11 is 22.2. The van der Waals surface area contributed by atoms with Crippen LogP contribution in [0.25, 0.3) is 0 Å². The van der Waals surface area contributed by atoms with E-state index in [0.29, 0.717) is 5.02 Å². The van der Waals surface area contributed by atoms with Gasteiger partial charge in [-0.2, -0.15) is 0 Å². The maximum absolute atomic E-state index is 10.4. The molecule has 0 radical (unpaired) electrons. The highest BCUT2D eigenvalue weighted by molar-refractivity contribution is 6.35. The van der Waals surface area contributed by atoms with Gasteiger partial charge in [0.2, 0.25) is 0 Å². The van der Waals surface area contributed by atoms with Crippen molar-refractivity contribution in [2.75, 3.05) is 0 Å². The Morgan fingerprint density at radius 1 is 0.789 bits per heavy atom. The van der Waals surface area contributed by atoms with Crippen molar-refractivity contribution in [2.24, 2.45) is 0 Å². The van der Waals surface area contributed by atoms with Crippen molar-refractivity contribution in [3.8, 4) is 0 Å². The van der Waals surface area contributed by atoms with E-state index in [0.717, 1.165) is 10.0 Å². The fourth-order valence-electron chi connectivity index (χ4n) is 1.09. The Bertz CT molecular complexity index is 546. The van der Waals surface area contributed by atoms with Crippen LogP contribution in [0.2, 0.25) is 20.1 Å². The number of benzene rings is 2. The van der Waals surface area contributed by atoms with Crippen molar-refractivity contribution in [2.45, 2.75) is 0 Å². The van der Waals surface area contributed by atoms with Gasteiger partial charge in [-0.1, -0.05) is 46.4 Å². The predicted octanol–water partition coefficient (Wildman–Crippen LogP) is 5.69. The maximum atomic E-state index is 10.4. The summed E-state index contributed by atoms with van der Waals surface area (Å²) in [5.74, 6) is -1.07. The highest BCUT2D eigenvalue weighted by Gasteiger charge is 2.07. The zero-order valence-corrected chi connectivity index (χ0v) is 12.4. The maximum Gasteiger partial charge on any atom is 0.337 e. The molecule has 2 rings (SSSR count). The van der Waals surface area contributed by atoms with Crippen molar-refractivity contribution >= 4 is 52.4 Å². The molecule has 6 heteroatoms. The first-order valence-electron chi connectivity index (χ1n) is 4.99. The summed E-state index contributed by atoms with van der Waals surface area (Å²) in [5, 5.41) is 10.5. The minimum Gasteiger partial charge on any atom is -0.478 e. The smallest absolute Gasteiger partial charge is 0.337 e. The lowest BCUT2D eigenvalue weighted by atomic mass is 10.2. The zero-order valence-electron chi connectivity index (χ0n) is 9.41. The highest BCUT2D eigenvalue weighted by atomic mass is 35.5. The van der Waals surface area contributed by atoms with Crippen LogP contribution in [0.3, 0.4) is 0 Å². The molecule has 0 saturated heterocycles. The van der Waals surface area contributed by atoms with Crippen LogP contribution in [0.5, 0.6) is 0 Å². The van der Waals surface area contributed by atoms with Gasteiger partial charge in [-0.05, 0) is 42.5 Å². The highest BCUT2D eigenvalue weighted by Crippen LogP contribution is 2.20. The van der Waals surface area contributed by atoms with Gasteiger partial charge >= 0.3 is 5.97 Å². The normalized spacial score (nSPS) is 9.47. The number of aromatic carboxylic acids is 1. The SMILES string of the molecule is Clc1ccc(Cl)cc1.O=C(O)c1cc(Cl)ccc1Cl. The van der Waals surface area contributed by atoms with Gasteiger partial charge in [0.1, 0.15) is 0 Å². The molecule has 0 heterocycles. The minimum atomic E-state index is -1.07. The van der Waals surface area contributed by atoms with E-state index in [1.54, 1.807) is 24.3 Å². The molecule has 0 aliphatic heterocycles. The zero-order chi connectivity index (χ0) is 14.4. The lowest BCUT2D eigenvalue weighted by Crippen LogP contribution is -1.96. The van der Waals surface area contributed by atoms with Gasteiger partial charge < -0.3 is 5.11 Å². The molecule has 0 atom stereocenters. The van der Waals surface area contributed by atoms with Gasteiger partial charge in [0.15, 0.2) is 0 Å². The Hall–Kier alpha value is -0.930. The summed E-state index contributed by atoms with van der Waals surface area (Å²) in [5.41, 5.74) is 0.0270. The van der Waals surface area contributed by atoms with E-state index >= 15 is 0 Å². The molecule has 0 unspecified atom stereocenters. The number of hydrogen-bond donors (Lipinski definition) is 1. The molecule has 1 N–H and O–H groups in total. The van der Waals surface area contributed by atoms with Crippen LogP contribution in [-0.4, -0.2) is 11.1 Å². The van der Waals surface area contributed by atoms with E-state index in [2.05, 4.69) is 0 Å². The second-order valence-corrected chi connectivity index (χ2v) is 5.08. The van der Waals surface area contributed by atoms with E-state index in [1.807, 2.05) is 0 Å². The molecular formula is C13H8Cl4O2. The van der Waals surface area contributed by atoms with E-state index < -0.39 is 5.97 Å². The average Bonchev–Trinajstić information content (AvgIpc) is 2.36. The van der Waals surface area contributed by atoms with E-state index in [9.17, 15) is 4.79 Å². The molecule has 0 fully saturated rings. The molecule has 0 spiro atoms. The molecule has 0 bridgehead atoms. The molecule has 2 aromatic rings. The molecule has 0 saturated carbocycles. The molecular weight excluding hydrogens is 330 g/mol. The number of hydrogen-bond acceptors (Lipinski definition) is 1. The van der Waals surface area contributed by atoms with Crippen molar-refractivity contribution in [3.63, 3.8) is 0 Å². The summed E-state index contributed by atoms with van der Waals surface area (Å²) in [6, 6.07) is 11.3. The van der Waals surface area contributed by atoms with E-state index in [-0.39, 0.29) is 10.6 Å². The fourth-order valence-corrected chi connectivity index (χ4v) is 1.71. The summed E-state index contributed by atoms with van der Waals surface area (Å²) in [7, 11) is 0. The third-order valence-electron chi connectivity index (χ3n) is 1.96. The Labute approximate surface area is 130 Å². The molecule has 0 aromatic heterocycles. The number of carboxylic acid groups (broad SMARTS) is 1. The Kier molecular flexibility index (Phi) is 6.46. The molecule has 0 aliphatic rings. The third kappa shape index (κ3) is 5.70. The standard InChI is InChI=1S/C7H4Cl2O2.C6H4Cl2/c8-4-1-2-6(9)5(3-4)7(10)11;7-5-1-2-6(8)4-3-5/h1-3H,(H,10,11);1-4H. The summed E-state index contributed by atoms with van der Waals surface area (Å²) < 4.78 is 0. The minimum absolute atomic E-state index is 0.0270. The van der Waals surface area contributed by atoms with Gasteiger partial charge in [0, 0.05) is 15.1 Å². The number of halogens is 4. The summed E-state index contributed by atoms with van der Waals surface area (Å²) in [6.07, 6.45) is 0. The average molecular weight is 338 g/mol. The van der Waals surface area contributed by atoms with Crippen molar-refractivity contribution in [1.29, 1.82) is 0 Å². The number of carboxylic acids is 1. The van der Waals surface area contributed by atoms with E-state index in [1.165, 1.54) is 18.2 Å². The van der Waals surface area contributed by atoms with Crippen molar-refractivity contribution in [3.05, 3.63) is 68.1 Å². The van der Waals surface area contributed by atoms with Crippen LogP contribution >= 0.6 is 46.4 Å². The van der Waals surface area contributed by atoms with Gasteiger partial charge in [-0.3, -0.25) is 0 Å². The molecule has 2 aromatic carbocycles. The Morgan fingerprint density at radius 2 is 1.21 bits per heavy atom. The van der Waals surface area contributed by atoms with Crippen LogP contribution in [0.15, 0.2) is 42.5 Å². The number of carbonyl (C=O) groups is 1. The second kappa shape index (κ2) is 7.61. The van der Waals surface area contributed by atoms with Gasteiger partial charge in [-0.15, -0.1) is 0 Å². The quantitative estimate of drug-likeness (QED) is 0.726. The van der Waals surface area contributed by atoms with Crippen molar-refractivity contribution < 1.29 is 9.90 Å². The first-order chi connectivity index (χ1) is 8.90. The van der Waals surface area contributed by atoms with Gasteiger partial charge in [0.25, 0.3) is 0 Å². The largest absolute Gasteiger partial charge is 0.478 e. The first kappa shape index (κ1) is 16.1. The van der Waals surface area contributed by atoms with Crippen LogP contribution in [0, 0.1) is 0 Å². The molecule has 0 amide bonds. The molecule has 19 heavy (non-hydrogen) atoms. The summed E-state index contributed by atoms with van der Waals surface area (Å²) in [4.78, 5) is 10.4. The number of rotatable bonds is 1. The van der Waals surface area contributed by atoms with Gasteiger partial charge in [0.05, 0.1) is 10.6 Å². The summed E-state index contributed by atoms with van der Waals surface area (Å²) in [6.45, 7) is 0. The third-order valence-corrected chi connectivity index (χ3v) is 3.03. The molecule has 2 nitrogen and oxygen atoms in total. The van der Waals surface area contributed by atoms with Crippen LogP contribution in [0.1, 0.15) is 10.4 Å². The van der Waals surface area contributed by atoms with Crippen LogP contribution in [-0.2, 0) is 0 Å². The second-order valence-electron chi connectivity index (χ2n) is 3.37. The van der Waals surface area contributed by atoms with Crippen molar-refractivity contribution in [1.82, 2.24) is 0 Å². The van der Waals surface area contributed by atoms with Crippen LogP contribution in [0.4, 0.5) is 0 Å². The lowest BCUT2D eigenvalue weighted by molar-refractivity contribution is 0.0697. The monoisotopic (exact) mass is 336 g/mol. The predicted molar refractivity (Wildman–Crippen MR) is 79.9 cm³/mol. The van der Waals surface area contributed by atoms with Gasteiger partial charge in [-0.25, -0.2) is 4.79 Å². The van der Waals surface area contributed by atoms with Crippen LogP contribution < -0.4 is 0 Å². The lowest BCUT2D eigenvalue weighted by Gasteiger charge is -1.97. The Balaban J connectivity index is 0.000000200. The topological polar surface area (TPSA) is 37.3 Å². The molecule has 0 aliphatic carbocycles. The molecule has 100 valence electrons. The fraction of sp³-hybridized carbons (Fsp3) is 0.